The molecule has 7 nitrogen and oxygen atoms in total. The predicted molar refractivity (Wildman–Crippen MR) is 135 cm³/mol. The Hall–Kier alpha value is -3.78. The number of ether oxygens (including phenoxy) is 1. The molecule has 0 fully saturated rings. The molecular weight excluding hydrogens is 450 g/mol. The lowest BCUT2D eigenvalue weighted by atomic mass is 9.99. The van der Waals surface area contributed by atoms with E-state index in [-0.39, 0.29) is 18.7 Å². The highest BCUT2D eigenvalue weighted by atomic mass is 32.1. The van der Waals surface area contributed by atoms with Crippen molar-refractivity contribution >= 4 is 39.1 Å². The molecule has 4 aromatic rings. The Kier molecular flexibility index (Phi) is 6.61. The van der Waals surface area contributed by atoms with Gasteiger partial charge in [0.2, 0.25) is 5.91 Å². The molecule has 0 aliphatic heterocycles. The van der Waals surface area contributed by atoms with Gasteiger partial charge in [0.05, 0.1) is 23.9 Å². The van der Waals surface area contributed by atoms with Crippen molar-refractivity contribution in [2.75, 3.05) is 11.9 Å². The number of aromatic nitrogens is 2. The Morgan fingerprint density at radius 2 is 1.88 bits per heavy atom. The number of anilines is 1. The van der Waals surface area contributed by atoms with E-state index in [1.165, 1.54) is 27.8 Å². The number of hydrogen-bond acceptors (Lipinski definition) is 6. The Morgan fingerprint density at radius 3 is 2.62 bits per heavy atom. The quantitative estimate of drug-likeness (QED) is 0.402. The molecule has 0 bridgehead atoms. The van der Waals surface area contributed by atoms with Crippen LogP contribution < -0.4 is 10.9 Å². The number of fused-ring (bicyclic) bond motifs is 1. The van der Waals surface area contributed by atoms with Gasteiger partial charge in [-0.2, -0.15) is 0 Å². The zero-order valence-electron chi connectivity index (χ0n) is 19.5. The zero-order valence-corrected chi connectivity index (χ0v) is 20.3. The molecule has 4 rings (SSSR count). The van der Waals surface area contributed by atoms with Crippen molar-refractivity contribution in [1.82, 2.24) is 9.55 Å². The molecule has 0 saturated carbocycles. The smallest absolute Gasteiger partial charge is 0.338 e. The average molecular weight is 476 g/mol. The minimum Gasteiger partial charge on any atom is -0.462 e. The zero-order chi connectivity index (χ0) is 24.4. The van der Waals surface area contributed by atoms with Gasteiger partial charge in [-0.1, -0.05) is 24.3 Å². The molecular formula is C26H25N3O4S. The van der Waals surface area contributed by atoms with Crippen LogP contribution in [0.2, 0.25) is 0 Å². The number of carbonyl (C=O) groups is 2. The van der Waals surface area contributed by atoms with Gasteiger partial charge < -0.3 is 10.1 Å². The summed E-state index contributed by atoms with van der Waals surface area (Å²) in [5, 5.41) is 3.26. The highest BCUT2D eigenvalue weighted by Gasteiger charge is 2.18. The van der Waals surface area contributed by atoms with Crippen LogP contribution in [0.5, 0.6) is 0 Å². The number of hydrogen-bond donors (Lipinski definition) is 1. The molecule has 0 saturated heterocycles. The predicted octanol–water partition coefficient (Wildman–Crippen LogP) is 4.87. The minimum atomic E-state index is -0.462. The molecule has 0 spiro atoms. The van der Waals surface area contributed by atoms with Crippen LogP contribution >= 0.6 is 11.3 Å². The summed E-state index contributed by atoms with van der Waals surface area (Å²) in [5.41, 5.74) is 4.66. The van der Waals surface area contributed by atoms with Crippen LogP contribution in [0.1, 0.15) is 33.3 Å². The molecule has 8 heteroatoms. The minimum absolute atomic E-state index is 0.202. The second-order valence-electron chi connectivity index (χ2n) is 8.04. The van der Waals surface area contributed by atoms with Gasteiger partial charge >= 0.3 is 5.97 Å². The van der Waals surface area contributed by atoms with Crippen molar-refractivity contribution in [1.29, 1.82) is 0 Å². The molecule has 0 radical (unpaired) electrons. The topological polar surface area (TPSA) is 90.3 Å². The number of nitrogens with one attached hydrogen (secondary N) is 1. The number of aryl methyl sites for hydroxylation is 3. The normalized spacial score (nSPS) is 10.9. The maximum Gasteiger partial charge on any atom is 0.338 e. The molecule has 2 aromatic carbocycles. The summed E-state index contributed by atoms with van der Waals surface area (Å²) in [6, 6.07) is 12.6. The number of benzene rings is 2. The number of rotatable bonds is 6. The van der Waals surface area contributed by atoms with E-state index in [0.29, 0.717) is 21.5 Å². The number of carbonyl (C=O) groups excluding carboxylic acids is 2. The molecule has 2 heterocycles. The second-order valence-corrected chi connectivity index (χ2v) is 9.24. The number of nitrogens with zero attached hydrogens (tertiary/aromatic N) is 2. The lowest BCUT2D eigenvalue weighted by Gasteiger charge is -2.09. The third-order valence-corrected chi connectivity index (χ3v) is 6.63. The summed E-state index contributed by atoms with van der Waals surface area (Å²) in [6.45, 7) is 7.86. The summed E-state index contributed by atoms with van der Waals surface area (Å²) in [4.78, 5) is 44.1. The molecule has 2 aromatic heterocycles. The van der Waals surface area contributed by atoms with Crippen LogP contribution in [-0.2, 0) is 16.1 Å². The first-order valence-electron chi connectivity index (χ1n) is 10.9. The summed E-state index contributed by atoms with van der Waals surface area (Å²) in [5.74, 6) is -0.861. The van der Waals surface area contributed by atoms with Gasteiger partial charge in [0.15, 0.2) is 0 Å². The highest BCUT2D eigenvalue weighted by molar-refractivity contribution is 7.19. The first-order valence-corrected chi connectivity index (χ1v) is 11.7. The first-order chi connectivity index (χ1) is 16.3. The summed E-state index contributed by atoms with van der Waals surface area (Å²) >= 11 is 1.47. The van der Waals surface area contributed by atoms with Crippen LogP contribution in [0, 0.1) is 20.8 Å². The maximum absolute atomic E-state index is 13.4. The molecule has 0 aliphatic rings. The van der Waals surface area contributed by atoms with Gasteiger partial charge in [0.1, 0.15) is 11.4 Å². The third-order valence-electron chi connectivity index (χ3n) is 5.62. The van der Waals surface area contributed by atoms with Crippen LogP contribution in [-0.4, -0.2) is 28.0 Å². The van der Waals surface area contributed by atoms with Crippen LogP contribution in [0.3, 0.4) is 0 Å². The van der Waals surface area contributed by atoms with Crippen LogP contribution in [0.15, 0.2) is 53.6 Å². The maximum atomic E-state index is 13.4. The van der Waals surface area contributed by atoms with Crippen molar-refractivity contribution < 1.29 is 14.3 Å². The Labute approximate surface area is 201 Å². The highest BCUT2D eigenvalue weighted by Crippen LogP contribution is 2.36. The Bertz CT molecular complexity index is 1470. The molecule has 0 aliphatic carbocycles. The summed E-state index contributed by atoms with van der Waals surface area (Å²) in [6.07, 6.45) is 1.40. The third kappa shape index (κ3) is 4.63. The molecule has 0 unspecified atom stereocenters. The van der Waals surface area contributed by atoms with E-state index >= 15 is 0 Å². The van der Waals surface area contributed by atoms with E-state index in [4.69, 9.17) is 4.74 Å². The average Bonchev–Trinajstić information content (AvgIpc) is 3.14. The second kappa shape index (κ2) is 9.61. The van der Waals surface area contributed by atoms with E-state index in [1.54, 1.807) is 31.2 Å². The SMILES string of the molecule is CCOC(=O)c1cccc(NC(=O)Cn2cnc3sc(C)c(-c4ccc(C)c(C)c4)c3c2=O)c1. The monoisotopic (exact) mass is 475 g/mol. The molecule has 174 valence electrons. The summed E-state index contributed by atoms with van der Waals surface area (Å²) in [7, 11) is 0. The fourth-order valence-electron chi connectivity index (χ4n) is 3.79. The summed E-state index contributed by atoms with van der Waals surface area (Å²) < 4.78 is 6.31. The number of amides is 1. The Morgan fingerprint density at radius 1 is 1.09 bits per heavy atom. The molecule has 1 N–H and O–H groups in total. The fraction of sp³-hybridized carbons (Fsp3) is 0.231. The van der Waals surface area contributed by atoms with Gasteiger partial charge in [0, 0.05) is 16.1 Å². The van der Waals surface area contributed by atoms with Gasteiger partial charge in [0.25, 0.3) is 5.56 Å². The fourth-order valence-corrected chi connectivity index (χ4v) is 4.79. The van der Waals surface area contributed by atoms with E-state index in [0.717, 1.165) is 21.6 Å². The van der Waals surface area contributed by atoms with Crippen molar-refractivity contribution in [2.45, 2.75) is 34.2 Å². The van der Waals surface area contributed by atoms with Gasteiger partial charge in [-0.3, -0.25) is 14.2 Å². The van der Waals surface area contributed by atoms with Crippen LogP contribution in [0.25, 0.3) is 21.3 Å². The van der Waals surface area contributed by atoms with Gasteiger partial charge in [-0.15, -0.1) is 11.3 Å². The molecule has 1 amide bonds. The van der Waals surface area contributed by atoms with Crippen LogP contribution in [0.4, 0.5) is 5.69 Å². The van der Waals surface area contributed by atoms with E-state index < -0.39 is 11.9 Å². The van der Waals surface area contributed by atoms with E-state index in [1.807, 2.05) is 32.9 Å². The number of thiophene rings is 1. The van der Waals surface area contributed by atoms with E-state index in [2.05, 4.69) is 16.4 Å². The standard InChI is InChI=1S/C26H25N3O4S/c1-5-33-26(32)19-7-6-8-20(12-19)28-21(30)13-29-14-27-24-23(25(29)31)22(17(4)34-24)18-10-9-15(2)16(3)11-18/h6-12,14H,5,13H2,1-4H3,(H,28,30). The van der Waals surface area contributed by atoms with Crippen molar-refractivity contribution in [3.05, 3.63) is 80.7 Å². The van der Waals surface area contributed by atoms with E-state index in [9.17, 15) is 14.4 Å². The molecule has 34 heavy (non-hydrogen) atoms. The largest absolute Gasteiger partial charge is 0.462 e. The molecule has 0 atom stereocenters. The first kappa shape index (κ1) is 23.4. The van der Waals surface area contributed by atoms with Crippen molar-refractivity contribution in [3.8, 4) is 11.1 Å². The van der Waals surface area contributed by atoms with Gasteiger partial charge in [-0.05, 0) is 62.6 Å². The lowest BCUT2D eigenvalue weighted by molar-refractivity contribution is -0.116. The van der Waals surface area contributed by atoms with Gasteiger partial charge in [-0.25, -0.2) is 9.78 Å². The van der Waals surface area contributed by atoms with Crippen molar-refractivity contribution in [2.24, 2.45) is 0 Å². The lowest BCUT2D eigenvalue weighted by Crippen LogP contribution is -2.27. The van der Waals surface area contributed by atoms with Crippen molar-refractivity contribution in [3.63, 3.8) is 0 Å². The number of esters is 1. The Balaban J connectivity index is 1.63.